The van der Waals surface area contributed by atoms with E-state index in [-0.39, 0.29) is 6.61 Å². The molecule has 5 heteroatoms. The molecule has 0 bridgehead atoms. The molecule has 2 aliphatic rings. The molecule has 0 spiro atoms. The number of esters is 1. The van der Waals surface area contributed by atoms with Gasteiger partial charge < -0.3 is 9.84 Å². The highest BCUT2D eigenvalue weighted by molar-refractivity contribution is 5.80. The van der Waals surface area contributed by atoms with E-state index in [2.05, 4.69) is 0 Å². The normalized spacial score (nSPS) is 41.7. The molecule has 0 radical (unpaired) electrons. The molecule has 1 aromatic rings. The van der Waals surface area contributed by atoms with Crippen LogP contribution >= 0.6 is 0 Å². The number of aliphatic hydroxyl groups is 1. The Labute approximate surface area is 111 Å². The summed E-state index contributed by atoms with van der Waals surface area (Å²) in [6, 6.07) is 9.48. The van der Waals surface area contributed by atoms with Crippen molar-refractivity contribution in [1.82, 2.24) is 0 Å². The monoisotopic (exact) mass is 264 g/mol. The van der Waals surface area contributed by atoms with E-state index in [4.69, 9.17) is 14.5 Å². The first-order chi connectivity index (χ1) is 8.90. The summed E-state index contributed by atoms with van der Waals surface area (Å²) in [5.74, 6) is -2.17. The first-order valence-corrected chi connectivity index (χ1v) is 6.22. The summed E-state index contributed by atoms with van der Waals surface area (Å²) >= 11 is 0. The van der Waals surface area contributed by atoms with Gasteiger partial charge in [0.15, 0.2) is 0 Å². The molecular weight excluding hydrogens is 248 g/mol. The number of carbonyl (C=O) groups is 1. The lowest BCUT2D eigenvalue weighted by molar-refractivity contribution is -0.506. The Morgan fingerprint density at radius 3 is 2.53 bits per heavy atom. The number of cyclic esters (lactones) is 1. The minimum atomic E-state index is -1.71. The molecule has 0 aliphatic carbocycles. The summed E-state index contributed by atoms with van der Waals surface area (Å²) in [6.07, 6.45) is 0.291. The number of ether oxygens (including phenoxy) is 1. The molecule has 3 atom stereocenters. The van der Waals surface area contributed by atoms with Crippen molar-refractivity contribution in [3.05, 3.63) is 35.9 Å². The highest BCUT2D eigenvalue weighted by atomic mass is 17.2. The molecule has 2 fully saturated rings. The lowest BCUT2D eigenvalue weighted by Crippen LogP contribution is -2.57. The van der Waals surface area contributed by atoms with Crippen molar-refractivity contribution in [1.29, 1.82) is 0 Å². The van der Waals surface area contributed by atoms with Gasteiger partial charge in [-0.3, -0.25) is 4.79 Å². The van der Waals surface area contributed by atoms with Crippen molar-refractivity contribution in [3.8, 4) is 0 Å². The summed E-state index contributed by atoms with van der Waals surface area (Å²) < 4.78 is 4.94. The van der Waals surface area contributed by atoms with E-state index in [1.807, 2.05) is 37.3 Å². The van der Waals surface area contributed by atoms with Gasteiger partial charge in [-0.25, -0.2) is 4.89 Å². The Morgan fingerprint density at radius 2 is 1.84 bits per heavy atom. The Kier molecular flexibility index (Phi) is 2.51. The third-order valence-corrected chi connectivity index (χ3v) is 4.15. The minimum absolute atomic E-state index is 0.201. The van der Waals surface area contributed by atoms with Gasteiger partial charge in [-0.15, -0.1) is 0 Å². The fourth-order valence-electron chi connectivity index (χ4n) is 2.77. The highest BCUT2D eigenvalue weighted by Crippen LogP contribution is 2.53. The maximum Gasteiger partial charge on any atom is 0.317 e. The summed E-state index contributed by atoms with van der Waals surface area (Å²) in [6.45, 7) is 3.28. The second-order valence-corrected chi connectivity index (χ2v) is 5.63. The molecule has 2 saturated heterocycles. The zero-order chi connectivity index (χ0) is 13.7. The number of carbonyl (C=O) groups excluding carboxylic acids is 1. The summed E-state index contributed by atoms with van der Waals surface area (Å²) in [5, 5.41) is 10.3. The lowest BCUT2D eigenvalue weighted by atomic mass is 9.72. The van der Waals surface area contributed by atoms with Crippen LogP contribution in [0.5, 0.6) is 0 Å². The zero-order valence-corrected chi connectivity index (χ0v) is 10.9. The third kappa shape index (κ3) is 1.62. The predicted octanol–water partition coefficient (Wildman–Crippen LogP) is 1.51. The molecule has 0 amide bonds. The van der Waals surface area contributed by atoms with E-state index >= 15 is 0 Å². The molecule has 5 nitrogen and oxygen atoms in total. The van der Waals surface area contributed by atoms with Gasteiger partial charge in [-0.05, 0) is 19.4 Å². The molecule has 3 rings (SSSR count). The number of rotatable bonds is 1. The van der Waals surface area contributed by atoms with Crippen LogP contribution in [0.25, 0.3) is 0 Å². The van der Waals surface area contributed by atoms with Crippen LogP contribution in [0.1, 0.15) is 25.8 Å². The van der Waals surface area contributed by atoms with Crippen LogP contribution in [0.15, 0.2) is 30.3 Å². The largest absolute Gasteiger partial charge is 0.459 e. The Morgan fingerprint density at radius 1 is 1.16 bits per heavy atom. The van der Waals surface area contributed by atoms with Crippen molar-refractivity contribution < 1.29 is 24.4 Å². The Bertz CT molecular complexity index is 516. The number of hydrogen-bond acceptors (Lipinski definition) is 5. The number of hydrogen-bond donors (Lipinski definition) is 1. The van der Waals surface area contributed by atoms with E-state index in [1.165, 1.54) is 0 Å². The van der Waals surface area contributed by atoms with Crippen LogP contribution in [0, 0.1) is 5.41 Å². The lowest BCUT2D eigenvalue weighted by Gasteiger charge is -2.45. The van der Waals surface area contributed by atoms with Crippen LogP contribution in [0.3, 0.4) is 0 Å². The van der Waals surface area contributed by atoms with E-state index in [1.54, 1.807) is 6.92 Å². The molecule has 0 saturated carbocycles. The average Bonchev–Trinajstić information content (AvgIpc) is 2.64. The van der Waals surface area contributed by atoms with E-state index < -0.39 is 22.8 Å². The van der Waals surface area contributed by atoms with Crippen LogP contribution in [0.2, 0.25) is 0 Å². The molecule has 19 heavy (non-hydrogen) atoms. The zero-order valence-electron chi connectivity index (χ0n) is 10.9. The maximum atomic E-state index is 11.9. The molecule has 2 heterocycles. The SMILES string of the molecule is CC1(c2ccccc2)CC2(C)C(=O)OCC2(O)OO1. The second-order valence-electron chi connectivity index (χ2n) is 5.63. The molecule has 2 aliphatic heterocycles. The number of fused-ring (bicyclic) bond motifs is 1. The van der Waals surface area contributed by atoms with Gasteiger partial charge in [0.25, 0.3) is 0 Å². The van der Waals surface area contributed by atoms with Crippen molar-refractivity contribution in [2.45, 2.75) is 31.7 Å². The topological polar surface area (TPSA) is 65.0 Å². The molecule has 0 aromatic heterocycles. The highest BCUT2D eigenvalue weighted by Gasteiger charge is 2.67. The van der Waals surface area contributed by atoms with Crippen molar-refractivity contribution in [2.75, 3.05) is 6.61 Å². The fraction of sp³-hybridized carbons (Fsp3) is 0.500. The van der Waals surface area contributed by atoms with E-state index in [9.17, 15) is 9.90 Å². The van der Waals surface area contributed by atoms with Gasteiger partial charge in [0.2, 0.25) is 5.79 Å². The molecular formula is C14H16O5. The van der Waals surface area contributed by atoms with Gasteiger partial charge in [0, 0.05) is 6.42 Å². The first kappa shape index (κ1) is 12.6. The summed E-state index contributed by atoms with van der Waals surface area (Å²) in [7, 11) is 0. The number of benzene rings is 1. The van der Waals surface area contributed by atoms with Gasteiger partial charge in [0.1, 0.15) is 17.6 Å². The average molecular weight is 264 g/mol. The molecule has 1 aromatic carbocycles. The molecule has 3 unspecified atom stereocenters. The third-order valence-electron chi connectivity index (χ3n) is 4.15. The van der Waals surface area contributed by atoms with Crippen molar-refractivity contribution in [3.63, 3.8) is 0 Å². The van der Waals surface area contributed by atoms with Gasteiger partial charge in [0.05, 0.1) is 0 Å². The minimum Gasteiger partial charge on any atom is -0.459 e. The van der Waals surface area contributed by atoms with Crippen LogP contribution < -0.4 is 0 Å². The summed E-state index contributed by atoms with van der Waals surface area (Å²) in [4.78, 5) is 22.5. The van der Waals surface area contributed by atoms with E-state index in [0.29, 0.717) is 6.42 Å². The maximum absolute atomic E-state index is 11.9. The standard InChI is InChI=1S/C14H16O5/c1-12-8-13(2,10-6-4-3-5-7-10)18-19-14(12,16)9-17-11(12)15/h3-7,16H,8-9H2,1-2H3. The van der Waals surface area contributed by atoms with Crippen LogP contribution in [0.4, 0.5) is 0 Å². The van der Waals surface area contributed by atoms with Crippen LogP contribution in [-0.4, -0.2) is 23.5 Å². The smallest absolute Gasteiger partial charge is 0.317 e. The second kappa shape index (κ2) is 3.79. The Hall–Kier alpha value is -1.43. The first-order valence-electron chi connectivity index (χ1n) is 6.22. The Balaban J connectivity index is 1.99. The van der Waals surface area contributed by atoms with Gasteiger partial charge in [-0.1, -0.05) is 30.3 Å². The molecule has 1 N–H and O–H groups in total. The fourth-order valence-corrected chi connectivity index (χ4v) is 2.77. The predicted molar refractivity (Wildman–Crippen MR) is 64.6 cm³/mol. The summed E-state index contributed by atoms with van der Waals surface area (Å²) in [5.41, 5.74) is -1.04. The van der Waals surface area contributed by atoms with Gasteiger partial charge in [-0.2, -0.15) is 4.89 Å². The molecule has 102 valence electrons. The quantitative estimate of drug-likeness (QED) is 0.615. The van der Waals surface area contributed by atoms with Gasteiger partial charge >= 0.3 is 5.97 Å². The van der Waals surface area contributed by atoms with Crippen molar-refractivity contribution >= 4 is 5.97 Å². The van der Waals surface area contributed by atoms with Crippen LogP contribution in [-0.2, 0) is 24.9 Å². The van der Waals surface area contributed by atoms with Crippen molar-refractivity contribution in [2.24, 2.45) is 5.41 Å². The van der Waals surface area contributed by atoms with E-state index in [0.717, 1.165) is 5.56 Å².